The predicted molar refractivity (Wildman–Crippen MR) is 96.9 cm³/mol. The van der Waals surface area contributed by atoms with Gasteiger partial charge in [0.15, 0.2) is 0 Å². The van der Waals surface area contributed by atoms with E-state index in [4.69, 9.17) is 14.2 Å². The summed E-state index contributed by atoms with van der Waals surface area (Å²) in [6.45, 7) is 5.69. The summed E-state index contributed by atoms with van der Waals surface area (Å²) in [5, 5.41) is 0. The first-order chi connectivity index (χ1) is 12.2. The van der Waals surface area contributed by atoms with Gasteiger partial charge in [0.25, 0.3) is 0 Å². The van der Waals surface area contributed by atoms with Crippen LogP contribution in [0.1, 0.15) is 73.1 Å². The molecule has 1 aromatic rings. The number of benzene rings is 1. The van der Waals surface area contributed by atoms with Gasteiger partial charge in [-0.1, -0.05) is 39.0 Å². The highest BCUT2D eigenvalue weighted by atomic mass is 16.6. The Morgan fingerprint density at radius 1 is 0.720 bits per heavy atom. The Labute approximate surface area is 150 Å². The van der Waals surface area contributed by atoms with Gasteiger partial charge in [0.1, 0.15) is 6.61 Å². The van der Waals surface area contributed by atoms with Crippen LogP contribution in [0.3, 0.4) is 0 Å². The van der Waals surface area contributed by atoms with Crippen LogP contribution in [-0.2, 0) is 14.2 Å². The van der Waals surface area contributed by atoms with Gasteiger partial charge in [-0.05, 0) is 37.6 Å². The minimum absolute atomic E-state index is 0.217. The van der Waals surface area contributed by atoms with Gasteiger partial charge >= 0.3 is 11.9 Å². The Balaban J connectivity index is 2.27. The summed E-state index contributed by atoms with van der Waals surface area (Å²) in [4.78, 5) is 23.8. The van der Waals surface area contributed by atoms with Crippen molar-refractivity contribution in [2.75, 3.05) is 26.4 Å². The lowest BCUT2D eigenvalue weighted by Gasteiger charge is -2.07. The van der Waals surface area contributed by atoms with Crippen molar-refractivity contribution in [2.24, 2.45) is 0 Å². The molecule has 0 N–H and O–H groups in total. The molecular formula is C20H30O5. The second kappa shape index (κ2) is 13.4. The smallest absolute Gasteiger partial charge is 0.338 e. The number of ether oxygens (including phenoxy) is 3. The molecule has 0 fully saturated rings. The zero-order valence-corrected chi connectivity index (χ0v) is 15.4. The summed E-state index contributed by atoms with van der Waals surface area (Å²) in [6, 6.07) is 6.32. The Kier molecular flexibility index (Phi) is 11.4. The lowest BCUT2D eigenvalue weighted by atomic mass is 10.1. The Morgan fingerprint density at radius 2 is 1.24 bits per heavy atom. The van der Waals surface area contributed by atoms with Crippen molar-refractivity contribution in [2.45, 2.75) is 52.4 Å². The Morgan fingerprint density at radius 3 is 1.80 bits per heavy atom. The number of esters is 2. The molecule has 0 aliphatic rings. The third kappa shape index (κ3) is 9.25. The van der Waals surface area contributed by atoms with Crippen molar-refractivity contribution in [3.8, 4) is 0 Å². The van der Waals surface area contributed by atoms with Crippen LogP contribution in [0.5, 0.6) is 0 Å². The third-order valence-corrected chi connectivity index (χ3v) is 3.75. The quantitative estimate of drug-likeness (QED) is 0.390. The van der Waals surface area contributed by atoms with E-state index in [1.54, 1.807) is 24.3 Å². The molecule has 0 aliphatic heterocycles. The largest absolute Gasteiger partial charge is 0.462 e. The van der Waals surface area contributed by atoms with E-state index in [9.17, 15) is 9.59 Å². The maximum absolute atomic E-state index is 12.0. The van der Waals surface area contributed by atoms with Gasteiger partial charge in [-0.2, -0.15) is 0 Å². The molecule has 0 saturated heterocycles. The summed E-state index contributed by atoms with van der Waals surface area (Å²) >= 11 is 0. The fraction of sp³-hybridized carbons (Fsp3) is 0.600. The number of unbranched alkanes of at least 4 members (excludes halogenated alkanes) is 5. The van der Waals surface area contributed by atoms with Crippen molar-refractivity contribution in [3.63, 3.8) is 0 Å². The number of carbonyl (C=O) groups excluding carboxylic acids is 2. The van der Waals surface area contributed by atoms with Crippen molar-refractivity contribution in [3.05, 3.63) is 35.4 Å². The number of hydrogen-bond acceptors (Lipinski definition) is 5. The van der Waals surface area contributed by atoms with E-state index in [0.717, 1.165) is 12.8 Å². The molecule has 0 aliphatic carbocycles. The minimum Gasteiger partial charge on any atom is -0.462 e. The molecule has 0 atom stereocenters. The molecule has 0 radical (unpaired) electrons. The monoisotopic (exact) mass is 350 g/mol. The first kappa shape index (κ1) is 21.2. The van der Waals surface area contributed by atoms with Crippen LogP contribution in [0, 0.1) is 0 Å². The standard InChI is InChI=1S/C20H30O5/c1-3-5-6-7-8-9-14-24-19(21)17-10-12-18(13-11-17)20(22)25-16-15-23-4-2/h10-13H,3-9,14-16H2,1-2H3. The zero-order chi connectivity index (χ0) is 18.3. The Bertz CT molecular complexity index is 495. The van der Waals surface area contributed by atoms with Gasteiger partial charge in [-0.15, -0.1) is 0 Å². The molecule has 0 unspecified atom stereocenters. The first-order valence-electron chi connectivity index (χ1n) is 9.21. The summed E-state index contributed by atoms with van der Waals surface area (Å²) in [7, 11) is 0. The van der Waals surface area contributed by atoms with Crippen molar-refractivity contribution < 1.29 is 23.8 Å². The van der Waals surface area contributed by atoms with E-state index in [0.29, 0.717) is 30.9 Å². The summed E-state index contributed by atoms with van der Waals surface area (Å²) < 4.78 is 15.4. The molecule has 5 heteroatoms. The summed E-state index contributed by atoms with van der Waals surface area (Å²) in [5.41, 5.74) is 0.848. The molecule has 5 nitrogen and oxygen atoms in total. The van der Waals surface area contributed by atoms with Crippen molar-refractivity contribution in [1.29, 1.82) is 0 Å². The third-order valence-electron chi connectivity index (χ3n) is 3.75. The summed E-state index contributed by atoms with van der Waals surface area (Å²) in [6.07, 6.45) is 6.89. The van der Waals surface area contributed by atoms with Gasteiger partial charge in [0.2, 0.25) is 0 Å². The van der Waals surface area contributed by atoms with Gasteiger partial charge in [0, 0.05) is 6.61 Å². The van der Waals surface area contributed by atoms with Gasteiger partial charge < -0.3 is 14.2 Å². The van der Waals surface area contributed by atoms with Crippen LogP contribution < -0.4 is 0 Å². The van der Waals surface area contributed by atoms with Crippen LogP contribution in [0.15, 0.2) is 24.3 Å². The van der Waals surface area contributed by atoms with Crippen LogP contribution >= 0.6 is 0 Å². The second-order valence-electron chi connectivity index (χ2n) is 5.81. The maximum Gasteiger partial charge on any atom is 0.338 e. The molecule has 0 bridgehead atoms. The average molecular weight is 350 g/mol. The predicted octanol–water partition coefficient (Wildman–Crippen LogP) is 4.40. The van der Waals surface area contributed by atoms with E-state index in [1.165, 1.54) is 25.7 Å². The van der Waals surface area contributed by atoms with E-state index >= 15 is 0 Å². The Hall–Kier alpha value is -1.88. The lowest BCUT2D eigenvalue weighted by Crippen LogP contribution is -2.11. The van der Waals surface area contributed by atoms with Crippen LogP contribution in [0.25, 0.3) is 0 Å². The minimum atomic E-state index is -0.424. The summed E-state index contributed by atoms with van der Waals surface area (Å²) in [5.74, 6) is -0.781. The highest BCUT2D eigenvalue weighted by molar-refractivity contribution is 5.93. The molecule has 0 saturated carbocycles. The highest BCUT2D eigenvalue weighted by Crippen LogP contribution is 2.09. The van der Waals surface area contributed by atoms with Crippen molar-refractivity contribution >= 4 is 11.9 Å². The second-order valence-corrected chi connectivity index (χ2v) is 5.81. The zero-order valence-electron chi connectivity index (χ0n) is 15.4. The molecule has 0 aromatic heterocycles. The van der Waals surface area contributed by atoms with Crippen LogP contribution in [0.2, 0.25) is 0 Å². The molecule has 25 heavy (non-hydrogen) atoms. The van der Waals surface area contributed by atoms with E-state index in [-0.39, 0.29) is 12.6 Å². The molecular weight excluding hydrogens is 320 g/mol. The van der Waals surface area contributed by atoms with E-state index in [2.05, 4.69) is 6.92 Å². The van der Waals surface area contributed by atoms with Gasteiger partial charge in [-0.25, -0.2) is 9.59 Å². The SMILES string of the molecule is CCCCCCCCOC(=O)c1ccc(C(=O)OCCOCC)cc1. The van der Waals surface area contributed by atoms with Crippen LogP contribution in [-0.4, -0.2) is 38.4 Å². The molecule has 0 amide bonds. The number of rotatable bonds is 13. The highest BCUT2D eigenvalue weighted by Gasteiger charge is 2.10. The van der Waals surface area contributed by atoms with E-state index < -0.39 is 5.97 Å². The maximum atomic E-state index is 12.0. The molecule has 1 aromatic carbocycles. The fourth-order valence-electron chi connectivity index (χ4n) is 2.29. The fourth-order valence-corrected chi connectivity index (χ4v) is 2.29. The number of carbonyl (C=O) groups is 2. The molecule has 1 rings (SSSR count). The molecule has 0 heterocycles. The number of hydrogen-bond donors (Lipinski definition) is 0. The first-order valence-corrected chi connectivity index (χ1v) is 9.21. The van der Waals surface area contributed by atoms with Crippen molar-refractivity contribution in [1.82, 2.24) is 0 Å². The molecule has 140 valence electrons. The van der Waals surface area contributed by atoms with Gasteiger partial charge in [-0.3, -0.25) is 0 Å². The van der Waals surface area contributed by atoms with E-state index in [1.807, 2.05) is 6.92 Å². The lowest BCUT2D eigenvalue weighted by molar-refractivity contribution is 0.0334. The topological polar surface area (TPSA) is 61.8 Å². The van der Waals surface area contributed by atoms with Gasteiger partial charge in [0.05, 0.1) is 24.3 Å². The van der Waals surface area contributed by atoms with Crippen LogP contribution in [0.4, 0.5) is 0 Å². The average Bonchev–Trinajstić information content (AvgIpc) is 2.64. The normalized spacial score (nSPS) is 10.5. The molecule has 0 spiro atoms.